The van der Waals surface area contributed by atoms with Gasteiger partial charge in [0, 0.05) is 26.6 Å². The summed E-state index contributed by atoms with van der Waals surface area (Å²) in [5.41, 5.74) is 7.86. The first-order valence-corrected chi connectivity index (χ1v) is 10.6. The summed E-state index contributed by atoms with van der Waals surface area (Å²) in [7, 11) is 0. The number of nitrogens with zero attached hydrogens (tertiary/aromatic N) is 1. The van der Waals surface area contributed by atoms with Crippen molar-refractivity contribution in [3.63, 3.8) is 0 Å². The number of hydrogen-bond donors (Lipinski definition) is 0. The average Bonchev–Trinajstić information content (AvgIpc) is 3.27. The molecule has 0 aliphatic rings. The predicted octanol–water partition coefficient (Wildman–Crippen LogP) is 8.29. The Balaban J connectivity index is 1.39. The van der Waals surface area contributed by atoms with E-state index in [1.807, 2.05) is 36.4 Å². The quantitative estimate of drug-likeness (QED) is 0.291. The maximum atomic E-state index is 7.57. The van der Waals surface area contributed by atoms with Crippen molar-refractivity contribution < 1.29 is 8.53 Å². The first-order chi connectivity index (χ1) is 17.0. The SMILES string of the molecule is [2H]C([2H])([2H])c1ccc(-c2cccc3c2oc2cc(-c4ccc(-c5ccccc5)cc4)ccc23)nc1. The molecule has 0 N–H and O–H groups in total. The largest absolute Gasteiger partial charge is 0.455 e. The van der Waals surface area contributed by atoms with E-state index in [1.54, 1.807) is 12.1 Å². The van der Waals surface area contributed by atoms with Gasteiger partial charge in [-0.2, -0.15) is 0 Å². The Labute approximate surface area is 191 Å². The van der Waals surface area contributed by atoms with Gasteiger partial charge in [0.15, 0.2) is 0 Å². The van der Waals surface area contributed by atoms with Crippen LogP contribution in [0.5, 0.6) is 0 Å². The van der Waals surface area contributed by atoms with E-state index < -0.39 is 6.85 Å². The zero-order valence-corrected chi connectivity index (χ0v) is 17.2. The van der Waals surface area contributed by atoms with Crippen molar-refractivity contribution in [1.82, 2.24) is 4.98 Å². The molecule has 0 saturated carbocycles. The van der Waals surface area contributed by atoms with Gasteiger partial charge >= 0.3 is 0 Å². The summed E-state index contributed by atoms with van der Waals surface area (Å²) < 4.78 is 29.1. The third kappa shape index (κ3) is 3.17. The van der Waals surface area contributed by atoms with Crippen LogP contribution in [-0.4, -0.2) is 4.98 Å². The van der Waals surface area contributed by atoms with Crippen LogP contribution >= 0.6 is 0 Å². The van der Waals surface area contributed by atoms with E-state index in [2.05, 4.69) is 59.6 Å². The summed E-state index contributed by atoms with van der Waals surface area (Å²) in [5.74, 6) is 0. The number of pyridine rings is 1. The summed E-state index contributed by atoms with van der Waals surface area (Å²) >= 11 is 0. The molecule has 0 spiro atoms. The van der Waals surface area contributed by atoms with Gasteiger partial charge < -0.3 is 4.42 Å². The third-order valence-corrected chi connectivity index (χ3v) is 5.86. The molecule has 0 fully saturated rings. The Morgan fingerprint density at radius 1 is 0.656 bits per heavy atom. The number of rotatable bonds is 3. The van der Waals surface area contributed by atoms with Crippen LogP contribution in [0.2, 0.25) is 0 Å². The Morgan fingerprint density at radius 2 is 1.41 bits per heavy atom. The molecule has 0 unspecified atom stereocenters. The lowest BCUT2D eigenvalue weighted by molar-refractivity contribution is 0.670. The molecule has 0 aliphatic heterocycles. The van der Waals surface area contributed by atoms with Gasteiger partial charge in [0.2, 0.25) is 0 Å². The molecule has 6 aromatic rings. The van der Waals surface area contributed by atoms with Gasteiger partial charge in [0.25, 0.3) is 0 Å². The predicted molar refractivity (Wildman–Crippen MR) is 133 cm³/mol. The maximum Gasteiger partial charge on any atom is 0.144 e. The monoisotopic (exact) mass is 414 g/mol. The minimum absolute atomic E-state index is 0.223. The van der Waals surface area contributed by atoms with E-state index in [-0.39, 0.29) is 5.56 Å². The summed E-state index contributed by atoms with van der Waals surface area (Å²) in [4.78, 5) is 4.41. The second-order valence-corrected chi connectivity index (χ2v) is 7.87. The molecule has 32 heavy (non-hydrogen) atoms. The van der Waals surface area contributed by atoms with Gasteiger partial charge in [-0.3, -0.25) is 4.98 Å². The van der Waals surface area contributed by atoms with Crippen LogP contribution in [0, 0.1) is 6.85 Å². The third-order valence-electron chi connectivity index (χ3n) is 5.86. The molecule has 4 aromatic carbocycles. The zero-order chi connectivity index (χ0) is 24.0. The normalized spacial score (nSPS) is 13.1. The van der Waals surface area contributed by atoms with Crippen LogP contribution in [0.15, 0.2) is 114 Å². The highest BCUT2D eigenvalue weighted by Crippen LogP contribution is 2.37. The number of benzene rings is 4. The number of furan rings is 1. The van der Waals surface area contributed by atoms with Crippen LogP contribution in [0.4, 0.5) is 0 Å². The molecule has 2 heterocycles. The standard InChI is InChI=1S/C30H21NO/c1-20-10-17-28(31-19-20)27-9-5-8-26-25-16-15-24(18-29(25)32-30(26)27)23-13-11-22(12-14-23)21-6-3-2-4-7-21/h2-19H,1H3/i1D3. The fraction of sp³-hybridized carbons (Fsp3) is 0.0333. The molecule has 6 rings (SSSR count). The highest BCUT2D eigenvalue weighted by Gasteiger charge is 2.13. The van der Waals surface area contributed by atoms with Crippen LogP contribution in [0.25, 0.3) is 55.4 Å². The lowest BCUT2D eigenvalue weighted by Gasteiger charge is -2.05. The Hall–Kier alpha value is -4.17. The zero-order valence-electron chi connectivity index (χ0n) is 20.2. The van der Waals surface area contributed by atoms with Crippen molar-refractivity contribution in [3.8, 4) is 33.5 Å². The van der Waals surface area contributed by atoms with Crippen molar-refractivity contribution in [2.45, 2.75) is 6.85 Å². The summed E-state index contributed by atoms with van der Waals surface area (Å²) in [6.45, 7) is -2.17. The molecule has 2 nitrogen and oxygen atoms in total. The fourth-order valence-corrected chi connectivity index (χ4v) is 4.22. The molecular formula is C30H21NO. The summed E-state index contributed by atoms with van der Waals surface area (Å²) in [6, 6.07) is 34.5. The van der Waals surface area contributed by atoms with Crippen molar-refractivity contribution in [1.29, 1.82) is 0 Å². The van der Waals surface area contributed by atoms with Gasteiger partial charge in [-0.25, -0.2) is 0 Å². The van der Waals surface area contributed by atoms with Crippen molar-refractivity contribution in [2.24, 2.45) is 0 Å². The highest BCUT2D eigenvalue weighted by molar-refractivity contribution is 6.10. The van der Waals surface area contributed by atoms with Crippen LogP contribution < -0.4 is 0 Å². The number of aryl methyl sites for hydroxylation is 1. The van der Waals surface area contributed by atoms with Gasteiger partial charge in [-0.05, 0) is 58.9 Å². The highest BCUT2D eigenvalue weighted by atomic mass is 16.3. The Morgan fingerprint density at radius 3 is 2.16 bits per heavy atom. The van der Waals surface area contributed by atoms with Crippen molar-refractivity contribution in [3.05, 3.63) is 115 Å². The van der Waals surface area contributed by atoms with E-state index >= 15 is 0 Å². The molecule has 0 radical (unpaired) electrons. The van der Waals surface area contributed by atoms with Gasteiger partial charge in [-0.15, -0.1) is 0 Å². The minimum atomic E-state index is -2.17. The van der Waals surface area contributed by atoms with E-state index in [4.69, 9.17) is 8.53 Å². The average molecular weight is 415 g/mol. The molecule has 2 heteroatoms. The topological polar surface area (TPSA) is 26.0 Å². The first kappa shape index (κ1) is 15.6. The summed E-state index contributed by atoms with van der Waals surface area (Å²) in [5, 5.41) is 2.04. The van der Waals surface area contributed by atoms with Crippen molar-refractivity contribution in [2.75, 3.05) is 0 Å². The fourth-order valence-electron chi connectivity index (χ4n) is 4.22. The minimum Gasteiger partial charge on any atom is -0.455 e. The van der Waals surface area contributed by atoms with E-state index in [9.17, 15) is 0 Å². The number of hydrogen-bond acceptors (Lipinski definition) is 2. The van der Waals surface area contributed by atoms with E-state index in [0.29, 0.717) is 5.69 Å². The van der Waals surface area contributed by atoms with Gasteiger partial charge in [-0.1, -0.05) is 78.9 Å². The van der Waals surface area contributed by atoms with E-state index in [0.717, 1.165) is 38.6 Å². The molecule has 152 valence electrons. The molecular weight excluding hydrogens is 390 g/mol. The smallest absolute Gasteiger partial charge is 0.144 e. The Bertz CT molecular complexity index is 1650. The number of fused-ring (bicyclic) bond motifs is 3. The first-order valence-electron chi connectivity index (χ1n) is 12.1. The van der Waals surface area contributed by atoms with Gasteiger partial charge in [0.05, 0.1) is 5.69 Å². The van der Waals surface area contributed by atoms with Crippen LogP contribution in [0.1, 0.15) is 9.68 Å². The van der Waals surface area contributed by atoms with E-state index in [1.165, 1.54) is 17.3 Å². The number of aromatic nitrogens is 1. The lowest BCUT2D eigenvalue weighted by atomic mass is 9.99. The molecule has 2 aromatic heterocycles. The number of para-hydroxylation sites is 1. The second-order valence-electron chi connectivity index (χ2n) is 7.87. The lowest BCUT2D eigenvalue weighted by Crippen LogP contribution is -1.84. The molecule has 0 atom stereocenters. The molecule has 0 bridgehead atoms. The molecule has 0 amide bonds. The van der Waals surface area contributed by atoms with Crippen LogP contribution in [0.3, 0.4) is 0 Å². The molecule has 0 aliphatic carbocycles. The van der Waals surface area contributed by atoms with Gasteiger partial charge in [0.1, 0.15) is 11.2 Å². The summed E-state index contributed by atoms with van der Waals surface area (Å²) in [6.07, 6.45) is 1.42. The maximum absolute atomic E-state index is 7.57. The van der Waals surface area contributed by atoms with Crippen molar-refractivity contribution >= 4 is 21.9 Å². The molecule has 0 saturated heterocycles. The van der Waals surface area contributed by atoms with Crippen LogP contribution in [-0.2, 0) is 0 Å². The second kappa shape index (κ2) is 7.51. The Kier molecular flexibility index (Phi) is 3.66.